The number of phenolic OH excluding ortho intramolecular Hbond substituents is 2. The monoisotopic (exact) mass is 248 g/mol. The Balaban J connectivity index is 2.55. The van der Waals surface area contributed by atoms with Gasteiger partial charge < -0.3 is 10.2 Å². The Morgan fingerprint density at radius 3 is 2.12 bits per heavy atom. The van der Waals surface area contributed by atoms with Crippen molar-refractivity contribution < 1.29 is 10.2 Å². The number of aromatic hydroxyl groups is 2. The van der Waals surface area contributed by atoms with Gasteiger partial charge in [0.2, 0.25) is 0 Å². The maximum Gasteiger partial charge on any atom is 0.282 e. The Hall–Kier alpha value is -1.76. The van der Waals surface area contributed by atoms with E-state index in [4.69, 9.17) is 11.8 Å². The highest BCUT2D eigenvalue weighted by Gasteiger charge is 2.26. The summed E-state index contributed by atoms with van der Waals surface area (Å²) in [7, 11) is 0. The maximum atomic E-state index is 9.57. The summed E-state index contributed by atoms with van der Waals surface area (Å²) in [6.45, 7) is 6.83. The number of thioether (sulfide) groups is 2. The second-order valence-electron chi connectivity index (χ2n) is 2.83. The van der Waals surface area contributed by atoms with Crippen molar-refractivity contribution in [2.45, 2.75) is 9.79 Å². The second kappa shape index (κ2) is 4.01. The van der Waals surface area contributed by atoms with Crippen LogP contribution in [0.4, 0.5) is 0 Å². The summed E-state index contributed by atoms with van der Waals surface area (Å²) in [5.41, 5.74) is -0.0231. The molecule has 0 saturated heterocycles. The van der Waals surface area contributed by atoms with Crippen molar-refractivity contribution in [2.24, 2.45) is 0 Å². The fraction of sp³-hybridized carbons (Fsp3) is 0. The number of phenols is 2. The van der Waals surface area contributed by atoms with E-state index in [-0.39, 0.29) is 17.2 Å². The lowest BCUT2D eigenvalue weighted by Crippen LogP contribution is -1.73. The molecule has 0 fully saturated rings. The van der Waals surface area contributed by atoms with Crippen molar-refractivity contribution in [3.05, 3.63) is 33.5 Å². The van der Waals surface area contributed by atoms with Gasteiger partial charge in [-0.3, -0.25) is 0 Å². The van der Waals surface area contributed by atoms with Gasteiger partial charge in [0.1, 0.15) is 11.5 Å². The van der Waals surface area contributed by atoms with Crippen LogP contribution >= 0.6 is 23.5 Å². The van der Waals surface area contributed by atoms with Gasteiger partial charge in [0.05, 0.1) is 26.7 Å². The van der Waals surface area contributed by atoms with Crippen LogP contribution in [0.15, 0.2) is 31.9 Å². The molecule has 0 unspecified atom stereocenters. The third kappa shape index (κ3) is 1.58. The number of hydrogen-bond donors (Lipinski definition) is 2. The molecule has 1 aliphatic heterocycles. The van der Waals surface area contributed by atoms with Crippen LogP contribution in [0, 0.1) is 17.9 Å². The van der Waals surface area contributed by atoms with Gasteiger partial charge in [-0.1, -0.05) is 23.5 Å². The fourth-order valence-electron chi connectivity index (χ4n) is 1.16. The number of allylic oxidation sites excluding steroid dienone is 1. The summed E-state index contributed by atoms with van der Waals surface area (Å²) < 4.78 is 0.490. The van der Waals surface area contributed by atoms with Crippen LogP contribution in [-0.2, 0) is 0 Å². The Kier molecular flexibility index (Phi) is 2.69. The lowest BCUT2D eigenvalue weighted by molar-refractivity contribution is 0.436. The minimum atomic E-state index is -0.0231. The van der Waals surface area contributed by atoms with E-state index in [0.29, 0.717) is 14.0 Å². The van der Waals surface area contributed by atoms with E-state index in [9.17, 15) is 10.2 Å². The van der Waals surface area contributed by atoms with Crippen molar-refractivity contribution in [1.82, 2.24) is 0 Å². The minimum Gasteiger partial charge on any atom is -0.507 e. The first-order chi connectivity index (χ1) is 7.67. The molecule has 1 aromatic carbocycles. The second-order valence-corrected chi connectivity index (χ2v) is 5.13. The van der Waals surface area contributed by atoms with E-state index >= 15 is 0 Å². The van der Waals surface area contributed by atoms with E-state index in [1.54, 1.807) is 6.07 Å². The van der Waals surface area contributed by atoms with Crippen molar-refractivity contribution in [3.63, 3.8) is 0 Å². The number of rotatable bonds is 0. The summed E-state index contributed by atoms with van der Waals surface area (Å²) in [5.74, 6) is 0.0881. The molecule has 2 rings (SSSR count). The van der Waals surface area contributed by atoms with Gasteiger partial charge in [-0.2, -0.15) is 0 Å². The SMILES string of the molecule is [C-]#[N+]C(C#N)=C1Sc2c(O)ccc(O)c2S1. The zero-order valence-corrected chi connectivity index (χ0v) is 9.39. The number of benzene rings is 1. The zero-order valence-electron chi connectivity index (χ0n) is 7.76. The van der Waals surface area contributed by atoms with Gasteiger partial charge in [0.15, 0.2) is 0 Å². The molecule has 1 aromatic rings. The number of nitriles is 1. The Morgan fingerprint density at radius 2 is 1.75 bits per heavy atom. The normalized spacial score (nSPS) is 12.8. The third-order valence-corrected chi connectivity index (χ3v) is 4.49. The van der Waals surface area contributed by atoms with Gasteiger partial charge >= 0.3 is 0 Å². The molecule has 0 aromatic heterocycles. The lowest BCUT2D eigenvalue weighted by atomic mass is 10.3. The summed E-state index contributed by atoms with van der Waals surface area (Å²) in [5, 5.41) is 27.9. The van der Waals surface area contributed by atoms with E-state index in [0.717, 1.165) is 23.5 Å². The smallest absolute Gasteiger partial charge is 0.282 e. The minimum absolute atomic E-state index is 0.0231. The predicted molar refractivity (Wildman–Crippen MR) is 60.7 cm³/mol. The van der Waals surface area contributed by atoms with Crippen molar-refractivity contribution >= 4 is 23.5 Å². The summed E-state index contributed by atoms with van der Waals surface area (Å²) >= 11 is 2.26. The number of fused-ring (bicyclic) bond motifs is 1. The van der Waals surface area contributed by atoms with Crippen LogP contribution in [0.5, 0.6) is 11.5 Å². The Labute approximate surface area is 100 Å². The molecule has 0 radical (unpaired) electrons. The van der Waals surface area contributed by atoms with Gasteiger partial charge in [0.25, 0.3) is 5.70 Å². The zero-order chi connectivity index (χ0) is 11.7. The highest BCUT2D eigenvalue weighted by Crippen LogP contribution is 2.58. The Morgan fingerprint density at radius 1 is 1.25 bits per heavy atom. The van der Waals surface area contributed by atoms with E-state index < -0.39 is 0 Å². The molecule has 0 atom stereocenters. The lowest BCUT2D eigenvalue weighted by Gasteiger charge is -2.00. The number of hydrogen-bond acceptors (Lipinski definition) is 5. The molecule has 0 spiro atoms. The first kappa shape index (κ1) is 10.7. The van der Waals surface area contributed by atoms with Gasteiger partial charge in [0, 0.05) is 0 Å². The van der Waals surface area contributed by atoms with Crippen molar-refractivity contribution in [1.29, 1.82) is 5.26 Å². The standard InChI is InChI=1S/C10H4N2O2S2/c1-12-5(4-11)10-15-8-6(13)2-3-7(14)9(8)16-10/h2-3,13-14H. The van der Waals surface area contributed by atoms with Crippen LogP contribution < -0.4 is 0 Å². The van der Waals surface area contributed by atoms with Gasteiger partial charge in [-0.15, -0.1) is 0 Å². The molecule has 6 heteroatoms. The van der Waals surface area contributed by atoms with Gasteiger partial charge in [-0.05, 0) is 12.1 Å². The first-order valence-electron chi connectivity index (χ1n) is 4.10. The molecule has 1 heterocycles. The van der Waals surface area contributed by atoms with Crippen LogP contribution in [0.1, 0.15) is 0 Å². The highest BCUT2D eigenvalue weighted by molar-refractivity contribution is 8.24. The van der Waals surface area contributed by atoms with Crippen LogP contribution in [0.25, 0.3) is 4.85 Å². The predicted octanol–water partition coefficient (Wildman–Crippen LogP) is 2.91. The quantitative estimate of drug-likeness (QED) is 0.420. The molecule has 2 N–H and O–H groups in total. The highest BCUT2D eigenvalue weighted by atomic mass is 32.2. The third-order valence-electron chi connectivity index (χ3n) is 1.87. The van der Waals surface area contributed by atoms with E-state index in [1.807, 2.05) is 0 Å². The molecule has 16 heavy (non-hydrogen) atoms. The summed E-state index contributed by atoms with van der Waals surface area (Å²) in [6, 6.07) is 4.55. The van der Waals surface area contributed by atoms with Gasteiger partial charge in [-0.25, -0.2) is 10.1 Å². The maximum absolute atomic E-state index is 9.57. The molecular weight excluding hydrogens is 244 g/mol. The molecule has 0 amide bonds. The molecular formula is C10H4N2O2S2. The van der Waals surface area contributed by atoms with Crippen molar-refractivity contribution in [2.75, 3.05) is 0 Å². The molecule has 0 bridgehead atoms. The molecule has 4 nitrogen and oxygen atoms in total. The van der Waals surface area contributed by atoms with Crippen LogP contribution in [-0.4, -0.2) is 10.2 Å². The summed E-state index contributed by atoms with van der Waals surface area (Å²) in [6.07, 6.45) is 0. The Bertz CT molecular complexity index is 533. The van der Waals surface area contributed by atoms with E-state index in [1.165, 1.54) is 12.1 Å². The fourth-order valence-corrected chi connectivity index (χ4v) is 3.56. The van der Waals surface area contributed by atoms with E-state index in [2.05, 4.69) is 4.85 Å². The topological polar surface area (TPSA) is 68.6 Å². The van der Waals surface area contributed by atoms with Crippen molar-refractivity contribution in [3.8, 4) is 17.6 Å². The largest absolute Gasteiger partial charge is 0.507 e. The molecule has 0 saturated carbocycles. The molecule has 1 aliphatic rings. The average molecular weight is 248 g/mol. The number of nitrogens with zero attached hydrogens (tertiary/aromatic N) is 2. The van der Waals surface area contributed by atoms with Crippen LogP contribution in [0.2, 0.25) is 0 Å². The first-order valence-corrected chi connectivity index (χ1v) is 5.73. The van der Waals surface area contributed by atoms with Crippen LogP contribution in [0.3, 0.4) is 0 Å². The molecule has 78 valence electrons. The molecule has 0 aliphatic carbocycles. The summed E-state index contributed by atoms with van der Waals surface area (Å²) in [4.78, 5) is 4.09. The average Bonchev–Trinajstić information content (AvgIpc) is 2.71.